The van der Waals surface area contributed by atoms with Crippen molar-refractivity contribution in [1.82, 2.24) is 0 Å². The van der Waals surface area contributed by atoms with Gasteiger partial charge in [0.2, 0.25) is 0 Å². The van der Waals surface area contributed by atoms with Crippen molar-refractivity contribution in [3.8, 4) is 0 Å². The summed E-state index contributed by atoms with van der Waals surface area (Å²) < 4.78 is 0. The van der Waals surface area contributed by atoms with Crippen LogP contribution in [0.4, 0.5) is 0 Å². The Kier molecular flexibility index (Phi) is 351. The zero-order valence-corrected chi connectivity index (χ0v) is 4.96. The Morgan fingerprint density at radius 1 is 0.500 bits per heavy atom. The molecular weight excluding hydrogens is 161 g/mol. The molecule has 0 saturated heterocycles. The quantitative estimate of drug-likeness (QED) is 0.310. The second kappa shape index (κ2) is 26.1. The average Bonchev–Trinajstić information content (AvgIpc) is 0. The van der Waals surface area contributed by atoms with E-state index in [4.69, 9.17) is 0 Å². The van der Waals surface area contributed by atoms with Crippen LogP contribution in [0.3, 0.4) is 0 Å². The fourth-order valence-corrected chi connectivity index (χ4v) is 0. The molecule has 4 heavy (non-hydrogen) atoms. The molecule has 0 atom stereocenters. The predicted octanol–water partition coefficient (Wildman–Crippen LogP) is -8.99. The Hall–Kier alpha value is 1.39. The Balaban J connectivity index is 0. The maximum Gasteiger partial charge on any atom is 2.00 e. The second-order valence-corrected chi connectivity index (χ2v) is 0. The van der Waals surface area contributed by atoms with E-state index >= 15 is 0 Å². The van der Waals surface area contributed by atoms with Gasteiger partial charge in [0, 0.05) is 0 Å². The molecule has 4 heteroatoms. The molecule has 29 valence electrons. The fraction of sp³-hybridized carbons (Fsp3) is 0. The van der Waals surface area contributed by atoms with Crippen molar-refractivity contribution in [3.05, 3.63) is 0 Å². The van der Waals surface area contributed by atoms with Crippen molar-refractivity contribution in [1.29, 1.82) is 0 Å². The second-order valence-electron chi connectivity index (χ2n) is 0. The van der Waals surface area contributed by atoms with E-state index in [1.54, 1.807) is 0 Å². The molecule has 0 aliphatic heterocycles. The summed E-state index contributed by atoms with van der Waals surface area (Å²) in [6, 6.07) is 0. The molecule has 0 amide bonds. The van der Waals surface area contributed by atoms with Gasteiger partial charge >= 0.3 is 17.1 Å². The molecule has 0 bridgehead atoms. The fourth-order valence-electron chi connectivity index (χ4n) is 0. The maximum absolute atomic E-state index is 0. The number of hydrogen-bond donors (Lipinski definition) is 0. The first-order chi connectivity index (χ1) is 0. The van der Waals surface area contributed by atoms with Crippen LogP contribution in [0.15, 0.2) is 0 Å². The van der Waals surface area contributed by atoms with Crippen LogP contribution in [0.2, 0.25) is 0 Å². The van der Waals surface area contributed by atoms with Crippen LogP contribution in [0.1, 0.15) is 0 Å². The van der Waals surface area contributed by atoms with Crippen molar-refractivity contribution in [2.75, 3.05) is 0 Å². The average molecular weight is 161 g/mol. The van der Waals surface area contributed by atoms with Crippen LogP contribution in [-0.2, 0) is 17.1 Å². The Labute approximate surface area is 54.4 Å². The minimum absolute atomic E-state index is 0. The van der Waals surface area contributed by atoms with E-state index in [0.717, 1.165) is 0 Å². The number of hydrogen-bond acceptors (Lipinski definition) is 0. The smallest absolute Gasteiger partial charge is 1.00 e. The molecule has 0 aromatic rings. The number of halogens is 3. The van der Waals surface area contributed by atoms with Gasteiger partial charge in [0.15, 0.2) is 0 Å². The van der Waals surface area contributed by atoms with Gasteiger partial charge in [0.25, 0.3) is 0 Å². The Morgan fingerprint density at radius 3 is 0.500 bits per heavy atom. The standard InChI is InChI=1S/3ClH.Mn/h3*1H;/q;;;+2/p-3. The van der Waals surface area contributed by atoms with Crippen LogP contribution in [0.25, 0.3) is 0 Å². The van der Waals surface area contributed by atoms with Gasteiger partial charge in [0.1, 0.15) is 0 Å². The Morgan fingerprint density at radius 2 is 0.500 bits per heavy atom. The maximum atomic E-state index is 0. The Bertz CT molecular complexity index is 3.25. The largest absolute Gasteiger partial charge is 2.00 e. The predicted molar refractivity (Wildman–Crippen MR) is 0 cm³/mol. The normalized spacial score (nSPS) is 0. The molecule has 0 heterocycles. The van der Waals surface area contributed by atoms with Crippen LogP contribution >= 0.6 is 0 Å². The summed E-state index contributed by atoms with van der Waals surface area (Å²) in [6.07, 6.45) is 0. The third kappa shape index (κ3) is 10.0. The van der Waals surface area contributed by atoms with Gasteiger partial charge in [0.05, 0.1) is 0 Å². The first-order valence-corrected chi connectivity index (χ1v) is 0. The van der Waals surface area contributed by atoms with E-state index in [0.29, 0.717) is 0 Å². The minimum Gasteiger partial charge on any atom is -1.00 e. The van der Waals surface area contributed by atoms with Gasteiger partial charge in [-0.05, 0) is 0 Å². The summed E-state index contributed by atoms with van der Waals surface area (Å²) in [6.45, 7) is 0. The van der Waals surface area contributed by atoms with Crippen molar-refractivity contribution in [3.63, 3.8) is 0 Å². The molecule has 0 spiro atoms. The third-order valence-electron chi connectivity index (χ3n) is 0. The van der Waals surface area contributed by atoms with E-state index in [1.165, 1.54) is 0 Å². The molecular formula is Cl3Mn-. The summed E-state index contributed by atoms with van der Waals surface area (Å²) in [5, 5.41) is 0. The van der Waals surface area contributed by atoms with Crippen molar-refractivity contribution in [2.24, 2.45) is 0 Å². The molecule has 0 N–H and O–H groups in total. The van der Waals surface area contributed by atoms with E-state index in [2.05, 4.69) is 0 Å². The van der Waals surface area contributed by atoms with E-state index in [9.17, 15) is 0 Å². The van der Waals surface area contributed by atoms with Gasteiger partial charge in [-0.2, -0.15) is 0 Å². The van der Waals surface area contributed by atoms with Crippen molar-refractivity contribution < 1.29 is 54.3 Å². The monoisotopic (exact) mass is 160 g/mol. The zero-order valence-electron chi connectivity index (χ0n) is 1.51. The van der Waals surface area contributed by atoms with Crippen LogP contribution in [0.5, 0.6) is 0 Å². The minimum atomic E-state index is 0. The van der Waals surface area contributed by atoms with Crippen LogP contribution < -0.4 is 37.2 Å². The summed E-state index contributed by atoms with van der Waals surface area (Å²) in [5.41, 5.74) is 0. The topological polar surface area (TPSA) is 0 Å². The van der Waals surface area contributed by atoms with Gasteiger partial charge in [-0.1, -0.05) is 0 Å². The molecule has 0 fully saturated rings. The molecule has 0 rings (SSSR count). The van der Waals surface area contributed by atoms with Crippen molar-refractivity contribution >= 4 is 0 Å². The number of rotatable bonds is 0. The van der Waals surface area contributed by atoms with Crippen LogP contribution in [-0.4, -0.2) is 0 Å². The molecule has 0 unspecified atom stereocenters. The van der Waals surface area contributed by atoms with Gasteiger partial charge in [-0.25, -0.2) is 0 Å². The molecule has 0 aliphatic carbocycles. The third-order valence-corrected chi connectivity index (χ3v) is 0. The molecule has 0 aromatic carbocycles. The van der Waals surface area contributed by atoms with E-state index in [1.807, 2.05) is 0 Å². The van der Waals surface area contributed by atoms with Gasteiger partial charge in [-0.15, -0.1) is 0 Å². The van der Waals surface area contributed by atoms with Crippen molar-refractivity contribution in [2.45, 2.75) is 0 Å². The summed E-state index contributed by atoms with van der Waals surface area (Å²) in [4.78, 5) is 0. The zero-order chi connectivity index (χ0) is 0. The first-order valence-electron chi connectivity index (χ1n) is 0. The molecule has 0 aliphatic rings. The van der Waals surface area contributed by atoms with E-state index < -0.39 is 0 Å². The van der Waals surface area contributed by atoms with E-state index in [-0.39, 0.29) is 54.3 Å². The molecule has 1 radical (unpaired) electrons. The summed E-state index contributed by atoms with van der Waals surface area (Å²) in [7, 11) is 0. The molecule has 0 aromatic heterocycles. The van der Waals surface area contributed by atoms with Crippen LogP contribution in [0, 0.1) is 0 Å². The molecule has 0 nitrogen and oxygen atoms in total. The summed E-state index contributed by atoms with van der Waals surface area (Å²) >= 11 is 0. The summed E-state index contributed by atoms with van der Waals surface area (Å²) in [5.74, 6) is 0. The SMILES string of the molecule is [Cl-].[Cl-].[Cl-].[Mn+2]. The first kappa shape index (κ1) is 53.8. The van der Waals surface area contributed by atoms with Gasteiger partial charge < -0.3 is 37.2 Å². The van der Waals surface area contributed by atoms with Gasteiger partial charge in [-0.3, -0.25) is 0 Å². The molecule has 0 saturated carbocycles.